The molecule has 1 saturated carbocycles. The molecule has 0 aromatic carbocycles. The number of carbonyl (C=O) groups is 1. The first-order valence-electron chi connectivity index (χ1n) is 6.63. The van der Waals surface area contributed by atoms with Crippen LogP contribution in [0.25, 0.3) is 0 Å². The molecule has 3 heteroatoms. The number of nitrogens with one attached hydrogen (secondary N) is 1. The SMILES string of the molecule is CC(N)CC(C)NC(=O)CCC1CCCC1. The molecule has 2 atom stereocenters. The molecular formula is C13H26N2O. The van der Waals surface area contributed by atoms with E-state index in [4.69, 9.17) is 5.73 Å². The van der Waals surface area contributed by atoms with Crippen LogP contribution in [-0.2, 0) is 4.79 Å². The maximum Gasteiger partial charge on any atom is 0.220 e. The van der Waals surface area contributed by atoms with E-state index in [1.807, 2.05) is 13.8 Å². The Balaban J connectivity index is 2.09. The van der Waals surface area contributed by atoms with Crippen LogP contribution in [0.1, 0.15) is 58.8 Å². The van der Waals surface area contributed by atoms with Crippen molar-refractivity contribution >= 4 is 5.91 Å². The van der Waals surface area contributed by atoms with Crippen molar-refractivity contribution in [3.05, 3.63) is 0 Å². The van der Waals surface area contributed by atoms with Crippen molar-refractivity contribution in [2.45, 2.75) is 70.9 Å². The summed E-state index contributed by atoms with van der Waals surface area (Å²) in [5.41, 5.74) is 5.69. The monoisotopic (exact) mass is 226 g/mol. The van der Waals surface area contributed by atoms with Gasteiger partial charge in [-0.3, -0.25) is 4.79 Å². The van der Waals surface area contributed by atoms with Crippen molar-refractivity contribution in [2.75, 3.05) is 0 Å². The third-order valence-electron chi connectivity index (χ3n) is 3.39. The van der Waals surface area contributed by atoms with E-state index >= 15 is 0 Å². The molecule has 0 heterocycles. The summed E-state index contributed by atoms with van der Waals surface area (Å²) in [7, 11) is 0. The van der Waals surface area contributed by atoms with Crippen LogP contribution in [0.5, 0.6) is 0 Å². The Hall–Kier alpha value is -0.570. The molecule has 0 aromatic heterocycles. The highest BCUT2D eigenvalue weighted by atomic mass is 16.1. The number of hydrogen-bond acceptors (Lipinski definition) is 2. The van der Waals surface area contributed by atoms with Gasteiger partial charge in [-0.2, -0.15) is 0 Å². The summed E-state index contributed by atoms with van der Waals surface area (Å²) >= 11 is 0. The molecule has 1 fully saturated rings. The van der Waals surface area contributed by atoms with Crippen molar-refractivity contribution in [3.63, 3.8) is 0 Å². The Morgan fingerprint density at radius 2 is 2.00 bits per heavy atom. The number of rotatable bonds is 6. The van der Waals surface area contributed by atoms with Gasteiger partial charge >= 0.3 is 0 Å². The first-order valence-corrected chi connectivity index (χ1v) is 6.63. The molecule has 1 rings (SSSR count). The van der Waals surface area contributed by atoms with Crippen LogP contribution in [0.3, 0.4) is 0 Å². The number of nitrogens with two attached hydrogens (primary N) is 1. The summed E-state index contributed by atoms with van der Waals surface area (Å²) in [6.07, 6.45) is 7.96. The molecule has 0 aromatic rings. The lowest BCUT2D eigenvalue weighted by molar-refractivity contribution is -0.122. The lowest BCUT2D eigenvalue weighted by Gasteiger charge is -2.16. The maximum atomic E-state index is 11.6. The first kappa shape index (κ1) is 13.5. The Labute approximate surface area is 99.2 Å². The van der Waals surface area contributed by atoms with Crippen molar-refractivity contribution < 1.29 is 4.79 Å². The molecule has 3 N–H and O–H groups in total. The van der Waals surface area contributed by atoms with Crippen LogP contribution in [0, 0.1) is 5.92 Å². The molecule has 16 heavy (non-hydrogen) atoms. The fourth-order valence-corrected chi connectivity index (χ4v) is 2.60. The minimum absolute atomic E-state index is 0.158. The molecule has 0 aliphatic heterocycles. The fourth-order valence-electron chi connectivity index (χ4n) is 2.60. The molecule has 94 valence electrons. The topological polar surface area (TPSA) is 55.1 Å². The van der Waals surface area contributed by atoms with Crippen molar-refractivity contribution in [2.24, 2.45) is 11.7 Å². The van der Waals surface area contributed by atoms with Gasteiger partial charge in [-0.25, -0.2) is 0 Å². The average Bonchev–Trinajstić information content (AvgIpc) is 2.65. The lowest BCUT2D eigenvalue weighted by atomic mass is 10.0. The smallest absolute Gasteiger partial charge is 0.220 e. The Morgan fingerprint density at radius 3 is 2.56 bits per heavy atom. The van der Waals surface area contributed by atoms with Crippen molar-refractivity contribution in [1.82, 2.24) is 5.32 Å². The van der Waals surface area contributed by atoms with Gasteiger partial charge in [0.1, 0.15) is 0 Å². The summed E-state index contributed by atoms with van der Waals surface area (Å²) in [6.45, 7) is 4.00. The highest BCUT2D eigenvalue weighted by Crippen LogP contribution is 2.28. The van der Waals surface area contributed by atoms with E-state index in [-0.39, 0.29) is 18.0 Å². The zero-order valence-electron chi connectivity index (χ0n) is 10.7. The first-order chi connectivity index (χ1) is 7.58. The number of carbonyl (C=O) groups excluding carboxylic acids is 1. The second-order valence-corrected chi connectivity index (χ2v) is 5.37. The summed E-state index contributed by atoms with van der Waals surface area (Å²) in [6, 6.07) is 0.362. The molecular weight excluding hydrogens is 200 g/mol. The van der Waals surface area contributed by atoms with E-state index in [9.17, 15) is 4.79 Å². The Morgan fingerprint density at radius 1 is 1.38 bits per heavy atom. The standard InChI is InChI=1S/C13H26N2O/c1-10(14)9-11(2)15-13(16)8-7-12-5-3-4-6-12/h10-12H,3-9,14H2,1-2H3,(H,15,16). The molecule has 0 bridgehead atoms. The number of hydrogen-bond donors (Lipinski definition) is 2. The second-order valence-electron chi connectivity index (χ2n) is 5.37. The molecule has 0 spiro atoms. The lowest BCUT2D eigenvalue weighted by Crippen LogP contribution is -2.36. The fraction of sp³-hybridized carbons (Fsp3) is 0.923. The van der Waals surface area contributed by atoms with E-state index < -0.39 is 0 Å². The Bertz CT molecular complexity index is 210. The molecule has 3 nitrogen and oxygen atoms in total. The van der Waals surface area contributed by atoms with Crippen LogP contribution in [0.2, 0.25) is 0 Å². The van der Waals surface area contributed by atoms with Gasteiger partial charge in [-0.1, -0.05) is 25.7 Å². The van der Waals surface area contributed by atoms with Gasteiger partial charge < -0.3 is 11.1 Å². The molecule has 1 aliphatic carbocycles. The van der Waals surface area contributed by atoms with Gasteiger partial charge in [-0.05, 0) is 32.6 Å². The van der Waals surface area contributed by atoms with Crippen LogP contribution in [0.15, 0.2) is 0 Å². The predicted octanol–water partition coefficient (Wildman–Crippen LogP) is 2.20. The third kappa shape index (κ3) is 5.50. The van der Waals surface area contributed by atoms with Crippen molar-refractivity contribution in [1.29, 1.82) is 0 Å². The van der Waals surface area contributed by atoms with E-state index in [1.54, 1.807) is 0 Å². The van der Waals surface area contributed by atoms with Gasteiger partial charge in [0.15, 0.2) is 0 Å². The molecule has 1 amide bonds. The van der Waals surface area contributed by atoms with E-state index in [0.717, 1.165) is 18.8 Å². The minimum atomic E-state index is 0.158. The molecule has 0 saturated heterocycles. The molecule has 2 unspecified atom stereocenters. The van der Waals surface area contributed by atoms with Gasteiger partial charge in [-0.15, -0.1) is 0 Å². The third-order valence-corrected chi connectivity index (χ3v) is 3.39. The Kier molecular flexibility index (Phi) is 5.81. The minimum Gasteiger partial charge on any atom is -0.354 e. The van der Waals surface area contributed by atoms with Gasteiger partial charge in [0.2, 0.25) is 5.91 Å². The van der Waals surface area contributed by atoms with Crippen molar-refractivity contribution in [3.8, 4) is 0 Å². The summed E-state index contributed by atoms with van der Waals surface area (Å²) in [5, 5.41) is 3.02. The molecule has 0 radical (unpaired) electrons. The van der Waals surface area contributed by atoms with Gasteiger partial charge in [0.25, 0.3) is 0 Å². The predicted molar refractivity (Wildman–Crippen MR) is 67.1 cm³/mol. The largest absolute Gasteiger partial charge is 0.354 e. The second kappa shape index (κ2) is 6.89. The molecule has 1 aliphatic rings. The van der Waals surface area contributed by atoms with Gasteiger partial charge in [0.05, 0.1) is 0 Å². The summed E-state index contributed by atoms with van der Waals surface area (Å²) in [5.74, 6) is 0.995. The van der Waals surface area contributed by atoms with E-state index in [1.165, 1.54) is 25.7 Å². The van der Waals surface area contributed by atoms with Crippen LogP contribution in [0.4, 0.5) is 0 Å². The normalized spacial score (nSPS) is 20.7. The van der Waals surface area contributed by atoms with Crippen LogP contribution < -0.4 is 11.1 Å². The summed E-state index contributed by atoms with van der Waals surface area (Å²) < 4.78 is 0. The van der Waals surface area contributed by atoms with E-state index in [0.29, 0.717) is 6.42 Å². The van der Waals surface area contributed by atoms with Gasteiger partial charge in [0, 0.05) is 18.5 Å². The van der Waals surface area contributed by atoms with Crippen LogP contribution in [-0.4, -0.2) is 18.0 Å². The highest BCUT2D eigenvalue weighted by Gasteiger charge is 2.16. The maximum absolute atomic E-state index is 11.6. The zero-order chi connectivity index (χ0) is 12.0. The van der Waals surface area contributed by atoms with Crippen LogP contribution >= 0.6 is 0 Å². The number of amides is 1. The highest BCUT2D eigenvalue weighted by molar-refractivity contribution is 5.76. The zero-order valence-corrected chi connectivity index (χ0v) is 10.7. The average molecular weight is 226 g/mol. The quantitative estimate of drug-likeness (QED) is 0.729. The van der Waals surface area contributed by atoms with E-state index in [2.05, 4.69) is 5.32 Å². The summed E-state index contributed by atoms with van der Waals surface area (Å²) in [4.78, 5) is 11.6.